The number of aromatic nitrogens is 2. The minimum Gasteiger partial charge on any atom is -0.389 e. The Kier molecular flexibility index (Phi) is 3.34. The first-order chi connectivity index (χ1) is 8.49. The third-order valence-electron chi connectivity index (χ3n) is 2.65. The first-order valence-electron chi connectivity index (χ1n) is 5.46. The van der Waals surface area contributed by atoms with E-state index in [1.54, 1.807) is 13.8 Å². The maximum Gasteiger partial charge on any atom is 0.159 e. The van der Waals surface area contributed by atoms with Gasteiger partial charge in [0.1, 0.15) is 0 Å². The van der Waals surface area contributed by atoms with E-state index >= 15 is 0 Å². The van der Waals surface area contributed by atoms with E-state index in [-0.39, 0.29) is 0 Å². The van der Waals surface area contributed by atoms with Crippen LogP contribution in [0.15, 0.2) is 24.4 Å². The lowest BCUT2D eigenvalue weighted by Gasteiger charge is -2.09. The highest BCUT2D eigenvalue weighted by Gasteiger charge is 2.11. The molecule has 0 radical (unpaired) electrons. The van der Waals surface area contributed by atoms with Crippen LogP contribution in [-0.2, 0) is 0 Å². The second-order valence-corrected chi connectivity index (χ2v) is 4.04. The molecule has 5 heteroatoms. The molecule has 0 bridgehead atoms. The van der Waals surface area contributed by atoms with Crippen LogP contribution in [0.5, 0.6) is 0 Å². The summed E-state index contributed by atoms with van der Waals surface area (Å²) in [6.07, 6.45) is 0.827. The number of aliphatic hydroxyl groups excluding tert-OH is 1. The number of nitrogens with zero attached hydrogens (tertiary/aromatic N) is 2. The molecule has 1 aromatic heterocycles. The highest BCUT2D eigenvalue weighted by molar-refractivity contribution is 5.55. The molecular formula is C13H12F2N2O. The van der Waals surface area contributed by atoms with Crippen LogP contribution >= 0.6 is 0 Å². The van der Waals surface area contributed by atoms with E-state index in [0.717, 1.165) is 12.1 Å². The summed E-state index contributed by atoms with van der Waals surface area (Å²) >= 11 is 0. The highest BCUT2D eigenvalue weighted by Crippen LogP contribution is 2.21. The van der Waals surface area contributed by atoms with Crippen molar-refractivity contribution in [3.8, 4) is 11.4 Å². The molecule has 0 saturated carbocycles. The SMILES string of the molecule is Cc1nc(-c2ccc(F)c(F)c2)ncc1[C@@H](C)O. The summed E-state index contributed by atoms with van der Waals surface area (Å²) < 4.78 is 25.9. The van der Waals surface area contributed by atoms with Crippen LogP contribution in [0.2, 0.25) is 0 Å². The van der Waals surface area contributed by atoms with Gasteiger partial charge in [0.15, 0.2) is 17.5 Å². The summed E-state index contributed by atoms with van der Waals surface area (Å²) in [6.45, 7) is 3.34. The predicted molar refractivity (Wildman–Crippen MR) is 62.8 cm³/mol. The van der Waals surface area contributed by atoms with Crippen molar-refractivity contribution in [2.24, 2.45) is 0 Å². The molecule has 0 aliphatic heterocycles. The molecule has 0 fully saturated rings. The van der Waals surface area contributed by atoms with Crippen molar-refractivity contribution in [3.63, 3.8) is 0 Å². The highest BCUT2D eigenvalue weighted by atomic mass is 19.2. The number of hydrogen-bond acceptors (Lipinski definition) is 3. The van der Waals surface area contributed by atoms with Crippen LogP contribution in [0.1, 0.15) is 24.3 Å². The monoisotopic (exact) mass is 250 g/mol. The number of hydrogen-bond donors (Lipinski definition) is 1. The second-order valence-electron chi connectivity index (χ2n) is 4.04. The zero-order valence-corrected chi connectivity index (χ0v) is 9.98. The van der Waals surface area contributed by atoms with Crippen molar-refractivity contribution >= 4 is 0 Å². The number of aliphatic hydroxyl groups is 1. The van der Waals surface area contributed by atoms with Gasteiger partial charge in [-0.1, -0.05) is 0 Å². The molecule has 0 spiro atoms. The van der Waals surface area contributed by atoms with Crippen LogP contribution in [0, 0.1) is 18.6 Å². The second kappa shape index (κ2) is 4.78. The van der Waals surface area contributed by atoms with E-state index in [4.69, 9.17) is 0 Å². The fraction of sp³-hybridized carbons (Fsp3) is 0.231. The zero-order valence-electron chi connectivity index (χ0n) is 9.98. The van der Waals surface area contributed by atoms with Crippen molar-refractivity contribution in [2.45, 2.75) is 20.0 Å². The average Bonchev–Trinajstić information content (AvgIpc) is 2.32. The molecule has 0 amide bonds. The molecule has 2 rings (SSSR count). The molecule has 18 heavy (non-hydrogen) atoms. The van der Waals surface area contributed by atoms with E-state index in [9.17, 15) is 13.9 Å². The molecule has 0 aliphatic rings. The maximum absolute atomic E-state index is 13.1. The third-order valence-corrected chi connectivity index (χ3v) is 2.65. The van der Waals surface area contributed by atoms with Gasteiger partial charge in [0, 0.05) is 23.0 Å². The average molecular weight is 250 g/mol. The van der Waals surface area contributed by atoms with Gasteiger partial charge in [0.2, 0.25) is 0 Å². The van der Waals surface area contributed by atoms with Crippen molar-refractivity contribution in [1.82, 2.24) is 9.97 Å². The van der Waals surface area contributed by atoms with E-state index in [2.05, 4.69) is 9.97 Å². The van der Waals surface area contributed by atoms with Crippen molar-refractivity contribution in [2.75, 3.05) is 0 Å². The van der Waals surface area contributed by atoms with E-state index < -0.39 is 17.7 Å². The summed E-state index contributed by atoms with van der Waals surface area (Å²) in [6, 6.07) is 3.49. The van der Waals surface area contributed by atoms with E-state index in [1.165, 1.54) is 12.3 Å². The van der Waals surface area contributed by atoms with Crippen LogP contribution in [0.4, 0.5) is 8.78 Å². The summed E-state index contributed by atoms with van der Waals surface area (Å²) in [4.78, 5) is 8.22. The lowest BCUT2D eigenvalue weighted by atomic mass is 10.1. The van der Waals surface area contributed by atoms with Gasteiger partial charge in [-0.05, 0) is 32.0 Å². The largest absolute Gasteiger partial charge is 0.389 e. The summed E-state index contributed by atoms with van der Waals surface area (Å²) in [5, 5.41) is 9.46. The smallest absolute Gasteiger partial charge is 0.159 e. The molecule has 1 atom stereocenters. The lowest BCUT2D eigenvalue weighted by Crippen LogP contribution is -2.01. The van der Waals surface area contributed by atoms with E-state index in [1.807, 2.05) is 0 Å². The number of aryl methyl sites for hydroxylation is 1. The van der Waals surface area contributed by atoms with Gasteiger partial charge in [0.05, 0.1) is 6.10 Å². The normalized spacial score (nSPS) is 12.5. The molecule has 94 valence electrons. The van der Waals surface area contributed by atoms with Crippen molar-refractivity contribution < 1.29 is 13.9 Å². The molecule has 1 N–H and O–H groups in total. The van der Waals surface area contributed by atoms with E-state index in [0.29, 0.717) is 22.6 Å². The topological polar surface area (TPSA) is 46.0 Å². The molecular weight excluding hydrogens is 238 g/mol. The fourth-order valence-corrected chi connectivity index (χ4v) is 1.66. The summed E-state index contributed by atoms with van der Waals surface area (Å²) in [7, 11) is 0. The zero-order chi connectivity index (χ0) is 13.3. The quantitative estimate of drug-likeness (QED) is 0.891. The van der Waals surface area contributed by atoms with Gasteiger partial charge < -0.3 is 5.11 Å². The maximum atomic E-state index is 13.1. The van der Waals surface area contributed by atoms with Gasteiger partial charge in [-0.2, -0.15) is 0 Å². The van der Waals surface area contributed by atoms with Crippen LogP contribution < -0.4 is 0 Å². The Morgan fingerprint density at radius 3 is 2.50 bits per heavy atom. The van der Waals surface area contributed by atoms with Crippen LogP contribution in [-0.4, -0.2) is 15.1 Å². The van der Waals surface area contributed by atoms with Gasteiger partial charge >= 0.3 is 0 Å². The van der Waals surface area contributed by atoms with Gasteiger partial charge in [-0.3, -0.25) is 0 Å². The van der Waals surface area contributed by atoms with Crippen molar-refractivity contribution in [1.29, 1.82) is 0 Å². The molecule has 3 nitrogen and oxygen atoms in total. The Balaban J connectivity index is 2.45. The number of benzene rings is 1. The number of rotatable bonds is 2. The van der Waals surface area contributed by atoms with Gasteiger partial charge in [-0.15, -0.1) is 0 Å². The Hall–Kier alpha value is -1.88. The van der Waals surface area contributed by atoms with Crippen molar-refractivity contribution in [3.05, 3.63) is 47.3 Å². The Morgan fingerprint density at radius 1 is 1.22 bits per heavy atom. The summed E-state index contributed by atoms with van der Waals surface area (Å²) in [5.74, 6) is -1.54. The van der Waals surface area contributed by atoms with Crippen LogP contribution in [0.25, 0.3) is 11.4 Å². The molecule has 0 aliphatic carbocycles. The molecule has 0 unspecified atom stereocenters. The lowest BCUT2D eigenvalue weighted by molar-refractivity contribution is 0.197. The number of halogens is 2. The third kappa shape index (κ3) is 2.36. The molecule has 1 aromatic carbocycles. The minimum atomic E-state index is -0.937. The fourth-order valence-electron chi connectivity index (χ4n) is 1.66. The summed E-state index contributed by atoms with van der Waals surface area (Å²) in [5.41, 5.74) is 1.62. The minimum absolute atomic E-state index is 0.302. The molecule has 2 aromatic rings. The predicted octanol–water partition coefficient (Wildman–Crippen LogP) is 2.78. The molecule has 1 heterocycles. The van der Waals surface area contributed by atoms with Gasteiger partial charge in [-0.25, -0.2) is 18.7 Å². The Bertz CT molecular complexity index is 585. The first kappa shape index (κ1) is 12.6. The Labute approximate surface area is 103 Å². The Morgan fingerprint density at radius 2 is 1.94 bits per heavy atom. The standard InChI is InChI=1S/C13H12F2N2O/c1-7-10(8(2)18)6-16-13(17-7)9-3-4-11(14)12(15)5-9/h3-6,8,18H,1-2H3/t8-/m1/s1. The van der Waals surface area contributed by atoms with Gasteiger partial charge in [0.25, 0.3) is 0 Å². The van der Waals surface area contributed by atoms with Crippen LogP contribution in [0.3, 0.4) is 0 Å². The molecule has 0 saturated heterocycles. The first-order valence-corrected chi connectivity index (χ1v) is 5.46.